The van der Waals surface area contributed by atoms with Crippen LogP contribution in [0.5, 0.6) is 0 Å². The molecule has 3 amide bonds. The van der Waals surface area contributed by atoms with Gasteiger partial charge >= 0.3 is 0 Å². The summed E-state index contributed by atoms with van der Waals surface area (Å²) in [7, 11) is 0. The van der Waals surface area contributed by atoms with Gasteiger partial charge in [-0.3, -0.25) is 19.3 Å². The molecule has 0 saturated carbocycles. The van der Waals surface area contributed by atoms with Gasteiger partial charge in [-0.15, -0.1) is 0 Å². The molecule has 0 radical (unpaired) electrons. The predicted molar refractivity (Wildman–Crippen MR) is 140 cm³/mol. The van der Waals surface area contributed by atoms with E-state index in [4.69, 9.17) is 0 Å². The van der Waals surface area contributed by atoms with E-state index in [2.05, 4.69) is 46.6 Å². The lowest BCUT2D eigenvalue weighted by atomic mass is 10.1. The Morgan fingerprint density at radius 2 is 1.15 bits per heavy atom. The SMILES string of the molecule is C=C(NCCCC(CN(CCNC(=O)C(C)C)CCNC(=O)C(C)C)NC(=O)C(C)C)C(C)C. The molecule has 0 saturated heterocycles. The van der Waals surface area contributed by atoms with Crippen LogP contribution >= 0.6 is 0 Å². The van der Waals surface area contributed by atoms with Crippen molar-refractivity contribution >= 4 is 17.7 Å². The molecule has 0 aromatic carbocycles. The number of carbonyl (C=O) groups excluding carboxylic acids is 3. The molecule has 0 aromatic rings. The van der Waals surface area contributed by atoms with E-state index >= 15 is 0 Å². The summed E-state index contributed by atoms with van der Waals surface area (Å²) in [4.78, 5) is 38.6. The molecule has 8 nitrogen and oxygen atoms in total. The molecule has 34 heavy (non-hydrogen) atoms. The highest BCUT2D eigenvalue weighted by atomic mass is 16.2. The highest BCUT2D eigenvalue weighted by molar-refractivity contribution is 5.78. The van der Waals surface area contributed by atoms with E-state index in [1.165, 1.54) is 0 Å². The van der Waals surface area contributed by atoms with E-state index in [0.29, 0.717) is 38.6 Å². The van der Waals surface area contributed by atoms with Crippen LogP contribution in [0.1, 0.15) is 68.2 Å². The number of amides is 3. The molecular weight excluding hydrogens is 430 g/mol. The van der Waals surface area contributed by atoms with Crippen molar-refractivity contribution in [3.63, 3.8) is 0 Å². The summed E-state index contributed by atoms with van der Waals surface area (Å²) >= 11 is 0. The van der Waals surface area contributed by atoms with Gasteiger partial charge in [0, 0.05) is 68.8 Å². The van der Waals surface area contributed by atoms with Crippen LogP contribution in [0.25, 0.3) is 0 Å². The van der Waals surface area contributed by atoms with Crippen molar-refractivity contribution in [1.29, 1.82) is 0 Å². The van der Waals surface area contributed by atoms with Gasteiger partial charge in [0.25, 0.3) is 0 Å². The summed E-state index contributed by atoms with van der Waals surface area (Å²) in [6.45, 7) is 23.3. The fourth-order valence-corrected chi connectivity index (χ4v) is 3.07. The van der Waals surface area contributed by atoms with Crippen molar-refractivity contribution in [3.05, 3.63) is 12.3 Å². The van der Waals surface area contributed by atoms with Gasteiger partial charge in [0.2, 0.25) is 17.7 Å². The Bertz CT molecular complexity index is 606. The topological polar surface area (TPSA) is 103 Å². The van der Waals surface area contributed by atoms with Crippen LogP contribution < -0.4 is 21.3 Å². The highest BCUT2D eigenvalue weighted by Crippen LogP contribution is 2.06. The summed E-state index contributed by atoms with van der Waals surface area (Å²) in [6.07, 6.45) is 1.72. The van der Waals surface area contributed by atoms with Gasteiger partial charge in [-0.2, -0.15) is 0 Å². The van der Waals surface area contributed by atoms with Gasteiger partial charge in [-0.25, -0.2) is 0 Å². The molecule has 0 fully saturated rings. The maximum absolute atomic E-state index is 12.4. The van der Waals surface area contributed by atoms with E-state index in [0.717, 1.165) is 25.1 Å². The van der Waals surface area contributed by atoms with Gasteiger partial charge in [-0.05, 0) is 18.8 Å². The van der Waals surface area contributed by atoms with Crippen molar-refractivity contribution in [3.8, 4) is 0 Å². The monoisotopic (exact) mass is 481 g/mol. The smallest absolute Gasteiger partial charge is 0.222 e. The lowest BCUT2D eigenvalue weighted by Gasteiger charge is -2.29. The average molecular weight is 482 g/mol. The molecule has 0 aliphatic rings. The van der Waals surface area contributed by atoms with Crippen LogP contribution in [0.15, 0.2) is 12.3 Å². The zero-order valence-electron chi connectivity index (χ0n) is 22.9. The first-order valence-electron chi connectivity index (χ1n) is 12.9. The first-order chi connectivity index (χ1) is 15.8. The van der Waals surface area contributed by atoms with Crippen molar-refractivity contribution < 1.29 is 14.4 Å². The molecule has 0 aliphatic heterocycles. The quantitative estimate of drug-likeness (QED) is 0.225. The zero-order chi connectivity index (χ0) is 26.3. The van der Waals surface area contributed by atoms with Crippen LogP contribution in [0.3, 0.4) is 0 Å². The Kier molecular flexibility index (Phi) is 16.3. The normalized spacial score (nSPS) is 12.4. The number of hydrogen-bond donors (Lipinski definition) is 4. The number of nitrogens with one attached hydrogen (secondary N) is 4. The number of allylic oxidation sites excluding steroid dienone is 1. The van der Waals surface area contributed by atoms with E-state index < -0.39 is 0 Å². The summed E-state index contributed by atoms with van der Waals surface area (Å²) in [6, 6.07) is -0.0226. The molecule has 4 N–H and O–H groups in total. The van der Waals surface area contributed by atoms with Gasteiger partial charge in [0.15, 0.2) is 0 Å². The van der Waals surface area contributed by atoms with Crippen LogP contribution in [-0.2, 0) is 14.4 Å². The second kappa shape index (κ2) is 17.4. The average Bonchev–Trinajstić information content (AvgIpc) is 2.75. The van der Waals surface area contributed by atoms with Crippen molar-refractivity contribution in [2.24, 2.45) is 23.7 Å². The highest BCUT2D eigenvalue weighted by Gasteiger charge is 2.19. The Labute approximate surface area is 208 Å². The van der Waals surface area contributed by atoms with Crippen molar-refractivity contribution in [1.82, 2.24) is 26.2 Å². The first kappa shape index (κ1) is 31.9. The molecule has 0 aliphatic carbocycles. The largest absolute Gasteiger partial charge is 0.389 e. The van der Waals surface area contributed by atoms with E-state index in [1.807, 2.05) is 41.5 Å². The van der Waals surface area contributed by atoms with Gasteiger partial charge < -0.3 is 21.3 Å². The van der Waals surface area contributed by atoms with Crippen molar-refractivity contribution in [2.75, 3.05) is 39.3 Å². The van der Waals surface area contributed by atoms with Crippen LogP contribution in [0.2, 0.25) is 0 Å². The van der Waals surface area contributed by atoms with Gasteiger partial charge in [0.1, 0.15) is 0 Å². The Morgan fingerprint density at radius 1 is 0.676 bits per heavy atom. The third kappa shape index (κ3) is 14.9. The third-order valence-corrected chi connectivity index (χ3v) is 5.63. The number of nitrogens with zero attached hydrogens (tertiary/aromatic N) is 1. The molecule has 0 bridgehead atoms. The maximum atomic E-state index is 12.4. The summed E-state index contributed by atoms with van der Waals surface area (Å²) in [5.41, 5.74) is 1.02. The van der Waals surface area contributed by atoms with Crippen molar-refractivity contribution in [2.45, 2.75) is 74.3 Å². The second-order valence-corrected chi connectivity index (χ2v) is 10.3. The van der Waals surface area contributed by atoms with Crippen LogP contribution in [-0.4, -0.2) is 67.9 Å². The fraction of sp³-hybridized carbons (Fsp3) is 0.808. The maximum Gasteiger partial charge on any atom is 0.222 e. The fourth-order valence-electron chi connectivity index (χ4n) is 3.07. The minimum atomic E-state index is -0.0922. The van der Waals surface area contributed by atoms with Crippen LogP contribution in [0.4, 0.5) is 0 Å². The molecule has 1 unspecified atom stereocenters. The molecule has 0 spiro atoms. The van der Waals surface area contributed by atoms with E-state index in [1.54, 1.807) is 0 Å². The van der Waals surface area contributed by atoms with Crippen LogP contribution in [0, 0.1) is 23.7 Å². The molecule has 1 atom stereocenters. The first-order valence-corrected chi connectivity index (χ1v) is 12.9. The summed E-state index contributed by atoms with van der Waals surface area (Å²) in [5.74, 6) is 0.239. The lowest BCUT2D eigenvalue weighted by Crippen LogP contribution is -2.49. The van der Waals surface area contributed by atoms with Gasteiger partial charge in [0.05, 0.1) is 0 Å². The summed E-state index contributed by atoms with van der Waals surface area (Å²) in [5, 5.41) is 12.5. The molecule has 0 heterocycles. The molecule has 8 heteroatoms. The Morgan fingerprint density at radius 3 is 1.56 bits per heavy atom. The van der Waals surface area contributed by atoms with Gasteiger partial charge in [-0.1, -0.05) is 62.0 Å². The Hall–Kier alpha value is -2.09. The number of carbonyl (C=O) groups is 3. The minimum absolute atomic E-state index is 0.0224. The standard InChI is InChI=1S/C26H51N5O3/c1-18(2)22(9)27-12-10-11-23(30-26(34)21(7)8)17-31(15-13-28-24(32)19(3)4)16-14-29-25(33)20(5)6/h18-21,23,27H,9-17H2,1-8H3,(H,28,32)(H,29,33)(H,30,34). The predicted octanol–water partition coefficient (Wildman–Crippen LogP) is 2.51. The van der Waals surface area contributed by atoms with E-state index in [-0.39, 0.29) is 41.5 Å². The van der Waals surface area contributed by atoms with E-state index in [9.17, 15) is 14.4 Å². The molecular formula is C26H51N5O3. The Balaban J connectivity index is 5.09. The minimum Gasteiger partial charge on any atom is -0.389 e. The lowest BCUT2D eigenvalue weighted by molar-refractivity contribution is -0.125. The molecule has 0 aromatic heterocycles. The molecule has 198 valence electrons. The molecule has 0 rings (SSSR count). The number of hydrogen-bond acceptors (Lipinski definition) is 5. The number of rotatable bonds is 18. The third-order valence-electron chi connectivity index (χ3n) is 5.63. The second-order valence-electron chi connectivity index (χ2n) is 10.3. The zero-order valence-corrected chi connectivity index (χ0v) is 22.9. The summed E-state index contributed by atoms with van der Waals surface area (Å²) < 4.78 is 0.